The van der Waals surface area contributed by atoms with Gasteiger partial charge in [0.1, 0.15) is 0 Å². The summed E-state index contributed by atoms with van der Waals surface area (Å²) in [6.45, 7) is 4.25. The normalized spacial score (nSPS) is 13.4. The average molecular weight is 209 g/mol. The van der Waals surface area contributed by atoms with E-state index in [0.29, 0.717) is 6.04 Å². The van der Waals surface area contributed by atoms with E-state index in [1.165, 1.54) is 12.0 Å². The van der Waals surface area contributed by atoms with Crippen molar-refractivity contribution < 1.29 is 0 Å². The fourth-order valence-corrected chi connectivity index (χ4v) is 1.74. The Morgan fingerprint density at radius 2 is 2.20 bits per heavy atom. The van der Waals surface area contributed by atoms with Gasteiger partial charge in [0.15, 0.2) is 0 Å². The molecule has 0 aromatic carbocycles. The quantitative estimate of drug-likeness (QED) is 0.765. The number of rotatable bonds is 6. The summed E-state index contributed by atoms with van der Waals surface area (Å²) in [6, 6.07) is 2.79. The first-order chi connectivity index (χ1) is 7.13. The minimum absolute atomic E-state index is 0.633. The van der Waals surface area contributed by atoms with Crippen LogP contribution in [0, 0.1) is 0 Å². The maximum absolute atomic E-state index is 3.49. The maximum atomic E-state index is 3.49. The Hall–Kier alpha value is -0.800. The number of aromatic nitrogens is 1. The van der Waals surface area contributed by atoms with Gasteiger partial charge in [0, 0.05) is 38.6 Å². The Morgan fingerprint density at radius 1 is 1.47 bits per heavy atom. The van der Waals surface area contributed by atoms with Gasteiger partial charge in [-0.1, -0.05) is 6.92 Å². The second-order valence-corrected chi connectivity index (χ2v) is 4.34. The standard InChI is InChI=1S/C12H23N3/c1-5-12(14(2)3)9-13-8-11-6-7-15(4)10-11/h6-7,10,12-13H,5,8-9H2,1-4H3. The lowest BCUT2D eigenvalue weighted by Crippen LogP contribution is -2.37. The molecule has 0 aliphatic carbocycles. The van der Waals surface area contributed by atoms with Crippen molar-refractivity contribution in [1.82, 2.24) is 14.8 Å². The van der Waals surface area contributed by atoms with E-state index in [0.717, 1.165) is 13.1 Å². The van der Waals surface area contributed by atoms with Gasteiger partial charge in [-0.25, -0.2) is 0 Å². The first kappa shape index (κ1) is 12.3. The van der Waals surface area contributed by atoms with E-state index in [2.05, 4.69) is 61.3 Å². The largest absolute Gasteiger partial charge is 0.357 e. The summed E-state index contributed by atoms with van der Waals surface area (Å²) in [4.78, 5) is 2.28. The van der Waals surface area contributed by atoms with E-state index in [1.54, 1.807) is 0 Å². The van der Waals surface area contributed by atoms with E-state index in [-0.39, 0.29) is 0 Å². The van der Waals surface area contributed by atoms with E-state index >= 15 is 0 Å². The van der Waals surface area contributed by atoms with Gasteiger partial charge < -0.3 is 14.8 Å². The molecule has 1 unspecified atom stereocenters. The molecule has 1 aromatic rings. The summed E-state index contributed by atoms with van der Waals surface area (Å²) in [7, 11) is 6.33. The van der Waals surface area contributed by atoms with Gasteiger partial charge in [-0.2, -0.15) is 0 Å². The topological polar surface area (TPSA) is 20.2 Å². The molecule has 86 valence electrons. The van der Waals surface area contributed by atoms with E-state index in [1.807, 2.05) is 0 Å². The van der Waals surface area contributed by atoms with Crippen molar-refractivity contribution >= 4 is 0 Å². The molecule has 0 fully saturated rings. The highest BCUT2D eigenvalue weighted by Crippen LogP contribution is 2.00. The molecular weight excluding hydrogens is 186 g/mol. The summed E-state index contributed by atoms with van der Waals surface area (Å²) >= 11 is 0. The van der Waals surface area contributed by atoms with Crippen LogP contribution < -0.4 is 5.32 Å². The van der Waals surface area contributed by atoms with Crippen LogP contribution >= 0.6 is 0 Å². The van der Waals surface area contributed by atoms with Gasteiger partial charge in [-0.15, -0.1) is 0 Å². The van der Waals surface area contributed by atoms with Crippen molar-refractivity contribution in [2.75, 3.05) is 20.6 Å². The molecule has 0 radical (unpaired) electrons. The molecule has 0 aliphatic heterocycles. The smallest absolute Gasteiger partial charge is 0.0221 e. The highest BCUT2D eigenvalue weighted by Gasteiger charge is 2.07. The van der Waals surface area contributed by atoms with Gasteiger partial charge >= 0.3 is 0 Å². The third-order valence-electron chi connectivity index (χ3n) is 2.80. The number of nitrogens with zero attached hydrogens (tertiary/aromatic N) is 2. The number of likely N-dealkylation sites (N-methyl/N-ethyl adjacent to an activating group) is 1. The Kier molecular flexibility index (Phi) is 4.85. The molecule has 0 bridgehead atoms. The monoisotopic (exact) mass is 209 g/mol. The maximum Gasteiger partial charge on any atom is 0.0221 e. The summed E-state index contributed by atoms with van der Waals surface area (Å²) < 4.78 is 2.08. The third-order valence-corrected chi connectivity index (χ3v) is 2.80. The Labute approximate surface area is 93.1 Å². The van der Waals surface area contributed by atoms with Gasteiger partial charge in [-0.05, 0) is 32.1 Å². The van der Waals surface area contributed by atoms with Crippen molar-refractivity contribution in [2.45, 2.75) is 25.9 Å². The lowest BCUT2D eigenvalue weighted by atomic mass is 10.2. The highest BCUT2D eigenvalue weighted by molar-refractivity contribution is 5.09. The Bertz CT molecular complexity index is 278. The van der Waals surface area contributed by atoms with Crippen molar-refractivity contribution in [3.63, 3.8) is 0 Å². The molecule has 0 aliphatic rings. The van der Waals surface area contributed by atoms with Crippen molar-refractivity contribution in [2.24, 2.45) is 7.05 Å². The minimum Gasteiger partial charge on any atom is -0.357 e. The van der Waals surface area contributed by atoms with Gasteiger partial charge in [0.25, 0.3) is 0 Å². The molecule has 1 atom stereocenters. The van der Waals surface area contributed by atoms with Crippen LogP contribution in [0.3, 0.4) is 0 Å². The summed E-state index contributed by atoms with van der Waals surface area (Å²) in [5.41, 5.74) is 1.35. The average Bonchev–Trinajstić information content (AvgIpc) is 2.58. The van der Waals surface area contributed by atoms with Crippen LogP contribution in [0.2, 0.25) is 0 Å². The van der Waals surface area contributed by atoms with E-state index in [4.69, 9.17) is 0 Å². The lowest BCUT2D eigenvalue weighted by molar-refractivity contribution is 0.276. The molecule has 3 heteroatoms. The molecule has 0 spiro atoms. The fourth-order valence-electron chi connectivity index (χ4n) is 1.74. The van der Waals surface area contributed by atoms with Crippen LogP contribution in [0.25, 0.3) is 0 Å². The van der Waals surface area contributed by atoms with Gasteiger partial charge in [-0.3, -0.25) is 0 Å². The number of aryl methyl sites for hydroxylation is 1. The first-order valence-electron chi connectivity index (χ1n) is 5.61. The number of nitrogens with one attached hydrogen (secondary N) is 1. The zero-order valence-corrected chi connectivity index (χ0v) is 10.3. The lowest BCUT2D eigenvalue weighted by Gasteiger charge is -2.23. The molecule has 0 saturated heterocycles. The molecule has 1 heterocycles. The highest BCUT2D eigenvalue weighted by atomic mass is 15.1. The summed E-state index contributed by atoms with van der Waals surface area (Å²) in [5.74, 6) is 0. The van der Waals surface area contributed by atoms with Crippen molar-refractivity contribution in [3.05, 3.63) is 24.0 Å². The number of hydrogen-bond donors (Lipinski definition) is 1. The molecule has 0 amide bonds. The zero-order chi connectivity index (χ0) is 11.3. The van der Waals surface area contributed by atoms with Gasteiger partial charge in [0.2, 0.25) is 0 Å². The molecule has 15 heavy (non-hydrogen) atoms. The second-order valence-electron chi connectivity index (χ2n) is 4.34. The molecule has 1 rings (SSSR count). The van der Waals surface area contributed by atoms with Crippen LogP contribution in [-0.4, -0.2) is 36.1 Å². The SMILES string of the molecule is CCC(CNCc1ccn(C)c1)N(C)C. The predicted octanol–water partition coefficient (Wildman–Crippen LogP) is 1.45. The second kappa shape index (κ2) is 5.93. The molecule has 3 nitrogen and oxygen atoms in total. The molecule has 1 N–H and O–H groups in total. The minimum atomic E-state index is 0.633. The van der Waals surface area contributed by atoms with Crippen LogP contribution in [0.4, 0.5) is 0 Å². The zero-order valence-electron chi connectivity index (χ0n) is 10.3. The van der Waals surface area contributed by atoms with E-state index < -0.39 is 0 Å². The van der Waals surface area contributed by atoms with Crippen LogP contribution in [0.1, 0.15) is 18.9 Å². The molecule has 1 aromatic heterocycles. The predicted molar refractivity (Wildman–Crippen MR) is 64.9 cm³/mol. The fraction of sp³-hybridized carbons (Fsp3) is 0.667. The van der Waals surface area contributed by atoms with E-state index in [9.17, 15) is 0 Å². The van der Waals surface area contributed by atoms with Crippen LogP contribution in [-0.2, 0) is 13.6 Å². The Balaban J connectivity index is 2.26. The number of hydrogen-bond acceptors (Lipinski definition) is 2. The summed E-state index contributed by atoms with van der Waals surface area (Å²) in [5, 5.41) is 3.49. The van der Waals surface area contributed by atoms with Gasteiger partial charge in [0.05, 0.1) is 0 Å². The molecular formula is C12H23N3. The van der Waals surface area contributed by atoms with Crippen LogP contribution in [0.5, 0.6) is 0 Å². The van der Waals surface area contributed by atoms with Crippen molar-refractivity contribution in [3.8, 4) is 0 Å². The third kappa shape index (κ3) is 4.06. The summed E-state index contributed by atoms with van der Waals surface area (Å²) in [6.07, 6.45) is 5.43. The van der Waals surface area contributed by atoms with Crippen LogP contribution in [0.15, 0.2) is 18.5 Å². The molecule has 0 saturated carbocycles. The Morgan fingerprint density at radius 3 is 2.67 bits per heavy atom. The van der Waals surface area contributed by atoms with Crippen molar-refractivity contribution in [1.29, 1.82) is 0 Å². The first-order valence-corrected chi connectivity index (χ1v) is 5.61.